The lowest BCUT2D eigenvalue weighted by molar-refractivity contribution is 0.0302. The third-order valence-electron chi connectivity index (χ3n) is 2.74. The standard InChI is InChI=1S/C15H32N4O2S.HI/c1-15(2,3)21-14(20)19(5)11-10-18-13(16-4)17-9-7-8-12-22-6;/h7-12H2,1-6H3,(H2,16,17,18);1H. The highest BCUT2D eigenvalue weighted by atomic mass is 127. The zero-order chi connectivity index (χ0) is 17.0. The highest BCUT2D eigenvalue weighted by Gasteiger charge is 2.19. The van der Waals surface area contributed by atoms with Crippen LogP contribution in [0.5, 0.6) is 0 Å². The minimum atomic E-state index is -0.465. The summed E-state index contributed by atoms with van der Waals surface area (Å²) in [6, 6.07) is 0. The van der Waals surface area contributed by atoms with E-state index < -0.39 is 5.60 Å². The van der Waals surface area contributed by atoms with E-state index in [0.29, 0.717) is 13.1 Å². The lowest BCUT2D eigenvalue weighted by atomic mass is 10.2. The first-order chi connectivity index (χ1) is 10.3. The third-order valence-corrected chi connectivity index (χ3v) is 3.43. The van der Waals surface area contributed by atoms with Gasteiger partial charge in [0.25, 0.3) is 0 Å². The fourth-order valence-corrected chi connectivity index (χ4v) is 2.06. The van der Waals surface area contributed by atoms with Crippen LogP contribution >= 0.6 is 35.7 Å². The van der Waals surface area contributed by atoms with Crippen molar-refractivity contribution in [2.45, 2.75) is 39.2 Å². The summed E-state index contributed by atoms with van der Waals surface area (Å²) < 4.78 is 5.30. The Labute approximate surface area is 162 Å². The molecular weight excluding hydrogens is 427 g/mol. The van der Waals surface area contributed by atoms with Crippen LogP contribution in [0.25, 0.3) is 0 Å². The van der Waals surface area contributed by atoms with Crippen LogP contribution in [-0.4, -0.2) is 68.3 Å². The van der Waals surface area contributed by atoms with Crippen molar-refractivity contribution in [2.24, 2.45) is 4.99 Å². The van der Waals surface area contributed by atoms with Gasteiger partial charge in [-0.15, -0.1) is 24.0 Å². The minimum absolute atomic E-state index is 0. The summed E-state index contributed by atoms with van der Waals surface area (Å²) in [7, 11) is 3.48. The molecule has 23 heavy (non-hydrogen) atoms. The number of thioether (sulfide) groups is 1. The first kappa shape index (κ1) is 24.9. The largest absolute Gasteiger partial charge is 0.444 e. The van der Waals surface area contributed by atoms with Crippen LogP contribution in [0.1, 0.15) is 33.6 Å². The van der Waals surface area contributed by atoms with E-state index in [9.17, 15) is 4.79 Å². The number of carbonyl (C=O) groups excluding carboxylic acids is 1. The van der Waals surface area contributed by atoms with Crippen molar-refractivity contribution in [3.8, 4) is 0 Å². The van der Waals surface area contributed by atoms with Gasteiger partial charge in [-0.3, -0.25) is 4.99 Å². The Morgan fingerprint density at radius 3 is 2.35 bits per heavy atom. The van der Waals surface area contributed by atoms with Gasteiger partial charge in [0.1, 0.15) is 5.60 Å². The maximum atomic E-state index is 11.8. The normalized spacial score (nSPS) is 11.5. The molecule has 0 unspecified atom stereocenters. The second kappa shape index (κ2) is 14.0. The van der Waals surface area contributed by atoms with E-state index in [1.165, 1.54) is 12.2 Å². The lowest BCUT2D eigenvalue weighted by Gasteiger charge is -2.24. The molecule has 0 aliphatic rings. The summed E-state index contributed by atoms with van der Waals surface area (Å²) >= 11 is 1.87. The Bertz CT molecular complexity index is 349. The van der Waals surface area contributed by atoms with E-state index in [0.717, 1.165) is 18.9 Å². The Balaban J connectivity index is 0. The molecule has 0 radical (unpaired) electrons. The Hall–Kier alpha value is -0.380. The first-order valence-electron chi connectivity index (χ1n) is 7.67. The molecule has 0 aromatic carbocycles. The average molecular weight is 460 g/mol. The predicted octanol–water partition coefficient (Wildman–Crippen LogP) is 2.78. The van der Waals surface area contributed by atoms with Gasteiger partial charge in [-0.05, 0) is 45.6 Å². The summed E-state index contributed by atoms with van der Waals surface area (Å²) in [5.74, 6) is 1.95. The van der Waals surface area contributed by atoms with Gasteiger partial charge in [-0.1, -0.05) is 0 Å². The molecule has 0 saturated carbocycles. The molecule has 0 aromatic rings. The quantitative estimate of drug-likeness (QED) is 0.253. The number of hydrogen-bond acceptors (Lipinski definition) is 4. The van der Waals surface area contributed by atoms with E-state index in [1.54, 1.807) is 19.0 Å². The van der Waals surface area contributed by atoms with Crippen LogP contribution < -0.4 is 10.6 Å². The summed E-state index contributed by atoms with van der Waals surface area (Å²) in [5.41, 5.74) is -0.465. The molecule has 0 aliphatic heterocycles. The van der Waals surface area contributed by atoms with E-state index in [-0.39, 0.29) is 30.1 Å². The van der Waals surface area contributed by atoms with Gasteiger partial charge in [0.2, 0.25) is 0 Å². The number of aliphatic imine (C=N–C) groups is 1. The SMILES string of the molecule is CN=C(NCCCCSC)NCCN(C)C(=O)OC(C)(C)C.I. The number of unbranched alkanes of at least 4 members (excludes halogenated alkanes) is 1. The Morgan fingerprint density at radius 1 is 1.22 bits per heavy atom. The molecule has 0 saturated heterocycles. The van der Waals surface area contributed by atoms with E-state index in [2.05, 4.69) is 21.9 Å². The summed E-state index contributed by atoms with van der Waals surface area (Å²) in [6.45, 7) is 7.67. The minimum Gasteiger partial charge on any atom is -0.444 e. The number of rotatable bonds is 8. The van der Waals surface area contributed by atoms with Crippen molar-refractivity contribution in [2.75, 3.05) is 45.7 Å². The zero-order valence-electron chi connectivity index (χ0n) is 15.3. The molecule has 0 rings (SSSR count). The van der Waals surface area contributed by atoms with Crippen LogP contribution in [-0.2, 0) is 4.74 Å². The highest BCUT2D eigenvalue weighted by molar-refractivity contribution is 14.0. The van der Waals surface area contributed by atoms with Crippen LogP contribution in [0, 0.1) is 0 Å². The van der Waals surface area contributed by atoms with Crippen LogP contribution in [0.4, 0.5) is 4.79 Å². The number of amides is 1. The number of nitrogens with zero attached hydrogens (tertiary/aromatic N) is 2. The summed E-state index contributed by atoms with van der Waals surface area (Å²) in [5, 5.41) is 6.46. The zero-order valence-corrected chi connectivity index (χ0v) is 18.4. The Kier molecular flexibility index (Phi) is 15.1. The van der Waals surface area contributed by atoms with Gasteiger partial charge in [0.05, 0.1) is 0 Å². The highest BCUT2D eigenvalue weighted by Crippen LogP contribution is 2.08. The molecule has 0 aromatic heterocycles. The molecule has 0 fully saturated rings. The van der Waals surface area contributed by atoms with Gasteiger partial charge >= 0.3 is 6.09 Å². The van der Waals surface area contributed by atoms with Crippen molar-refractivity contribution in [3.05, 3.63) is 0 Å². The molecule has 0 atom stereocenters. The van der Waals surface area contributed by atoms with Crippen molar-refractivity contribution < 1.29 is 9.53 Å². The van der Waals surface area contributed by atoms with Crippen molar-refractivity contribution in [1.29, 1.82) is 0 Å². The molecule has 8 heteroatoms. The molecule has 2 N–H and O–H groups in total. The van der Waals surface area contributed by atoms with Crippen LogP contribution in [0.15, 0.2) is 4.99 Å². The molecule has 6 nitrogen and oxygen atoms in total. The van der Waals surface area contributed by atoms with Crippen LogP contribution in [0.3, 0.4) is 0 Å². The number of guanidine groups is 1. The molecule has 1 amide bonds. The second-order valence-electron chi connectivity index (χ2n) is 6.03. The van der Waals surface area contributed by atoms with Gasteiger partial charge in [-0.2, -0.15) is 11.8 Å². The van der Waals surface area contributed by atoms with Crippen molar-refractivity contribution in [1.82, 2.24) is 15.5 Å². The van der Waals surface area contributed by atoms with E-state index >= 15 is 0 Å². The molecule has 0 bridgehead atoms. The average Bonchev–Trinajstić information content (AvgIpc) is 2.43. The summed E-state index contributed by atoms with van der Waals surface area (Å²) in [6.07, 6.45) is 4.13. The fourth-order valence-electron chi connectivity index (χ4n) is 1.57. The number of nitrogens with one attached hydrogen (secondary N) is 2. The summed E-state index contributed by atoms with van der Waals surface area (Å²) in [4.78, 5) is 17.5. The molecule has 138 valence electrons. The van der Waals surface area contributed by atoms with Crippen molar-refractivity contribution >= 4 is 47.8 Å². The molecule has 0 aliphatic carbocycles. The lowest BCUT2D eigenvalue weighted by Crippen LogP contribution is -2.43. The third kappa shape index (κ3) is 14.9. The van der Waals surface area contributed by atoms with Crippen LogP contribution in [0.2, 0.25) is 0 Å². The first-order valence-corrected chi connectivity index (χ1v) is 9.07. The molecule has 0 heterocycles. The topological polar surface area (TPSA) is 66.0 Å². The molecular formula is C15H33IN4O2S. The molecule has 0 spiro atoms. The maximum absolute atomic E-state index is 11.8. The van der Waals surface area contributed by atoms with Crippen molar-refractivity contribution in [3.63, 3.8) is 0 Å². The smallest absolute Gasteiger partial charge is 0.410 e. The van der Waals surface area contributed by atoms with Gasteiger partial charge in [-0.25, -0.2) is 4.79 Å². The van der Waals surface area contributed by atoms with Gasteiger partial charge < -0.3 is 20.3 Å². The second-order valence-corrected chi connectivity index (χ2v) is 7.01. The Morgan fingerprint density at radius 2 is 1.83 bits per heavy atom. The number of carbonyl (C=O) groups is 1. The number of hydrogen-bond donors (Lipinski definition) is 2. The van der Waals surface area contributed by atoms with E-state index in [4.69, 9.17) is 4.74 Å². The number of halogens is 1. The van der Waals surface area contributed by atoms with Gasteiger partial charge in [0.15, 0.2) is 5.96 Å². The maximum Gasteiger partial charge on any atom is 0.410 e. The van der Waals surface area contributed by atoms with E-state index in [1.807, 2.05) is 32.5 Å². The number of ether oxygens (including phenoxy) is 1. The predicted molar refractivity (Wildman–Crippen MR) is 111 cm³/mol. The number of likely N-dealkylation sites (N-methyl/N-ethyl adjacent to an activating group) is 1. The van der Waals surface area contributed by atoms with Gasteiger partial charge in [0, 0.05) is 33.7 Å². The monoisotopic (exact) mass is 460 g/mol. The fraction of sp³-hybridized carbons (Fsp3) is 0.867.